The van der Waals surface area contributed by atoms with Gasteiger partial charge >= 0.3 is 0 Å². The summed E-state index contributed by atoms with van der Waals surface area (Å²) < 4.78 is 25.6. The van der Waals surface area contributed by atoms with Crippen LogP contribution in [0.4, 0.5) is 5.69 Å². The van der Waals surface area contributed by atoms with Crippen LogP contribution in [0, 0.1) is 0 Å². The van der Waals surface area contributed by atoms with E-state index in [0.717, 1.165) is 0 Å². The van der Waals surface area contributed by atoms with Gasteiger partial charge in [-0.1, -0.05) is 11.6 Å². The molecular formula is C9H12Cl2N2O2S. The van der Waals surface area contributed by atoms with Crippen molar-refractivity contribution >= 4 is 38.9 Å². The van der Waals surface area contributed by atoms with Crippen LogP contribution in [0.25, 0.3) is 0 Å². The van der Waals surface area contributed by atoms with Gasteiger partial charge in [0.15, 0.2) is 5.15 Å². The number of hydrogen-bond acceptors (Lipinski definition) is 3. The van der Waals surface area contributed by atoms with Crippen molar-refractivity contribution in [2.45, 2.75) is 12.8 Å². The average molecular weight is 283 g/mol. The van der Waals surface area contributed by atoms with Crippen LogP contribution in [0.15, 0.2) is 18.3 Å². The first-order valence-electron chi connectivity index (χ1n) is 4.72. The summed E-state index contributed by atoms with van der Waals surface area (Å²) in [4.78, 5) is 3.78. The molecule has 0 radical (unpaired) electrons. The molecule has 0 aliphatic heterocycles. The lowest BCUT2D eigenvalue weighted by Gasteiger charge is -2.08. The molecule has 0 amide bonds. The Hall–Kier alpha value is -0.520. The lowest BCUT2D eigenvalue weighted by Crippen LogP contribution is -2.17. The maximum atomic E-state index is 11.6. The van der Waals surface area contributed by atoms with Gasteiger partial charge < -0.3 is 0 Å². The molecule has 90 valence electrons. The summed E-state index contributed by atoms with van der Waals surface area (Å²) in [6, 6.07) is 3.18. The third-order valence-corrected chi connectivity index (χ3v) is 3.75. The van der Waals surface area contributed by atoms with Crippen molar-refractivity contribution in [2.75, 3.05) is 16.4 Å². The van der Waals surface area contributed by atoms with E-state index in [9.17, 15) is 8.42 Å². The van der Waals surface area contributed by atoms with Crippen molar-refractivity contribution in [3.63, 3.8) is 0 Å². The van der Waals surface area contributed by atoms with Gasteiger partial charge in [-0.3, -0.25) is 4.72 Å². The summed E-state index contributed by atoms with van der Waals surface area (Å²) >= 11 is 11.2. The molecule has 7 heteroatoms. The van der Waals surface area contributed by atoms with E-state index in [-0.39, 0.29) is 10.9 Å². The fourth-order valence-electron chi connectivity index (χ4n) is 1.07. The Bertz CT molecular complexity index is 437. The second-order valence-electron chi connectivity index (χ2n) is 3.16. The number of aromatic nitrogens is 1. The van der Waals surface area contributed by atoms with E-state index in [1.165, 1.54) is 6.20 Å². The number of anilines is 1. The first kappa shape index (κ1) is 13.5. The largest absolute Gasteiger partial charge is 0.280 e. The summed E-state index contributed by atoms with van der Waals surface area (Å²) in [7, 11) is -3.36. The standard InChI is InChI=1S/C9H12Cl2N2O2S/c10-5-1-2-7-16(14,15)13-8-4-3-6-12-9(8)11/h3-4,6,13H,1-2,5,7H2. The van der Waals surface area contributed by atoms with E-state index < -0.39 is 10.0 Å². The zero-order valence-electron chi connectivity index (χ0n) is 8.49. The van der Waals surface area contributed by atoms with E-state index >= 15 is 0 Å². The molecule has 0 fully saturated rings. The average Bonchev–Trinajstić information content (AvgIpc) is 2.21. The van der Waals surface area contributed by atoms with Crippen LogP contribution in [0.5, 0.6) is 0 Å². The molecule has 0 aromatic carbocycles. The Kier molecular flexibility index (Phi) is 5.31. The first-order chi connectivity index (χ1) is 7.55. The van der Waals surface area contributed by atoms with E-state index in [4.69, 9.17) is 23.2 Å². The minimum atomic E-state index is -3.36. The molecule has 0 spiro atoms. The molecule has 16 heavy (non-hydrogen) atoms. The van der Waals surface area contributed by atoms with Gasteiger partial charge in [-0.2, -0.15) is 0 Å². The Morgan fingerprint density at radius 1 is 1.38 bits per heavy atom. The molecule has 0 bridgehead atoms. The highest BCUT2D eigenvalue weighted by Gasteiger charge is 2.11. The highest BCUT2D eigenvalue weighted by Crippen LogP contribution is 2.19. The van der Waals surface area contributed by atoms with Crippen molar-refractivity contribution in [3.8, 4) is 0 Å². The molecule has 1 N–H and O–H groups in total. The zero-order valence-corrected chi connectivity index (χ0v) is 10.8. The lowest BCUT2D eigenvalue weighted by molar-refractivity contribution is 0.598. The predicted molar refractivity (Wildman–Crippen MR) is 66.6 cm³/mol. The summed E-state index contributed by atoms with van der Waals surface area (Å²) in [5.74, 6) is 0.494. The molecule has 1 aromatic rings. The molecule has 1 rings (SSSR count). The number of sulfonamides is 1. The summed E-state index contributed by atoms with van der Waals surface area (Å²) in [6.45, 7) is 0. The van der Waals surface area contributed by atoms with E-state index in [0.29, 0.717) is 24.4 Å². The number of nitrogens with zero attached hydrogens (tertiary/aromatic N) is 1. The maximum Gasteiger partial charge on any atom is 0.232 e. The Labute approximate surface area is 105 Å². The third-order valence-electron chi connectivity index (χ3n) is 1.82. The summed E-state index contributed by atoms with van der Waals surface area (Å²) in [5.41, 5.74) is 0.301. The fourth-order valence-corrected chi connectivity index (χ4v) is 2.66. The fraction of sp³-hybridized carbons (Fsp3) is 0.444. The highest BCUT2D eigenvalue weighted by atomic mass is 35.5. The summed E-state index contributed by atoms with van der Waals surface area (Å²) in [6.07, 6.45) is 2.69. The van der Waals surface area contributed by atoms with Gasteiger partial charge in [0.1, 0.15) is 0 Å². The SMILES string of the molecule is O=S(=O)(CCCCCl)Nc1cccnc1Cl. The van der Waals surface area contributed by atoms with Crippen molar-refractivity contribution < 1.29 is 8.42 Å². The molecule has 0 aliphatic carbocycles. The molecule has 1 aromatic heterocycles. The van der Waals surface area contributed by atoms with Crippen molar-refractivity contribution in [3.05, 3.63) is 23.5 Å². The number of rotatable bonds is 6. The molecule has 0 unspecified atom stereocenters. The van der Waals surface area contributed by atoms with Crippen LogP contribution in [0.2, 0.25) is 5.15 Å². The molecule has 1 heterocycles. The van der Waals surface area contributed by atoms with Gasteiger partial charge in [0.25, 0.3) is 0 Å². The van der Waals surface area contributed by atoms with Crippen molar-refractivity contribution in [1.29, 1.82) is 0 Å². The van der Waals surface area contributed by atoms with Crippen LogP contribution >= 0.6 is 23.2 Å². The van der Waals surface area contributed by atoms with Gasteiger partial charge in [-0.15, -0.1) is 11.6 Å². The van der Waals surface area contributed by atoms with Crippen LogP contribution in [0.1, 0.15) is 12.8 Å². The molecular weight excluding hydrogens is 271 g/mol. The first-order valence-corrected chi connectivity index (χ1v) is 7.28. The number of unbranched alkanes of at least 4 members (excludes halogenated alkanes) is 1. The number of alkyl halides is 1. The number of halogens is 2. The number of pyridine rings is 1. The van der Waals surface area contributed by atoms with Gasteiger partial charge in [0, 0.05) is 12.1 Å². The normalized spacial score (nSPS) is 11.4. The lowest BCUT2D eigenvalue weighted by atomic mass is 10.4. The van der Waals surface area contributed by atoms with Crippen LogP contribution in [-0.4, -0.2) is 25.0 Å². The quantitative estimate of drug-likeness (QED) is 0.495. The Balaban J connectivity index is 2.63. The van der Waals surface area contributed by atoms with Gasteiger partial charge in [-0.05, 0) is 25.0 Å². The molecule has 0 saturated heterocycles. The maximum absolute atomic E-state index is 11.6. The van der Waals surface area contributed by atoms with Gasteiger partial charge in [0.05, 0.1) is 11.4 Å². The monoisotopic (exact) mass is 282 g/mol. The molecule has 4 nitrogen and oxygen atoms in total. The van der Waals surface area contributed by atoms with Crippen LogP contribution in [0.3, 0.4) is 0 Å². The molecule has 0 aliphatic rings. The van der Waals surface area contributed by atoms with Crippen LogP contribution < -0.4 is 4.72 Å². The van der Waals surface area contributed by atoms with E-state index in [1.807, 2.05) is 0 Å². The van der Waals surface area contributed by atoms with Gasteiger partial charge in [0.2, 0.25) is 10.0 Å². The second kappa shape index (κ2) is 6.27. The Morgan fingerprint density at radius 3 is 2.75 bits per heavy atom. The molecule has 0 atom stereocenters. The minimum absolute atomic E-state index is 0.0327. The molecule has 0 saturated carbocycles. The number of nitrogens with one attached hydrogen (secondary N) is 1. The van der Waals surface area contributed by atoms with Gasteiger partial charge in [-0.25, -0.2) is 13.4 Å². The van der Waals surface area contributed by atoms with Crippen molar-refractivity contribution in [2.24, 2.45) is 0 Å². The second-order valence-corrected chi connectivity index (χ2v) is 5.74. The topological polar surface area (TPSA) is 59.1 Å². The van der Waals surface area contributed by atoms with Crippen LogP contribution in [-0.2, 0) is 10.0 Å². The Morgan fingerprint density at radius 2 is 2.12 bits per heavy atom. The highest BCUT2D eigenvalue weighted by molar-refractivity contribution is 7.92. The van der Waals surface area contributed by atoms with Crippen molar-refractivity contribution in [1.82, 2.24) is 4.98 Å². The number of hydrogen-bond donors (Lipinski definition) is 1. The zero-order chi connectivity index (χ0) is 12.0. The third kappa shape index (κ3) is 4.55. The summed E-state index contributed by atoms with van der Waals surface area (Å²) in [5, 5.41) is 0.142. The van der Waals surface area contributed by atoms with E-state index in [1.54, 1.807) is 12.1 Å². The predicted octanol–water partition coefficient (Wildman–Crippen LogP) is 2.50. The minimum Gasteiger partial charge on any atom is -0.280 e. The van der Waals surface area contributed by atoms with E-state index in [2.05, 4.69) is 9.71 Å². The smallest absolute Gasteiger partial charge is 0.232 e.